The number of carboxylic acid groups (broad SMARTS) is 1. The molecule has 1 aliphatic heterocycles. The number of likely N-dealkylation sites (tertiary alicyclic amines) is 1. The molecule has 32 heavy (non-hydrogen) atoms. The van der Waals surface area contributed by atoms with Crippen molar-refractivity contribution in [2.75, 3.05) is 13.1 Å². The molecule has 1 aromatic heterocycles. The molecular formula is C26H30N3O3+. The summed E-state index contributed by atoms with van der Waals surface area (Å²) in [7, 11) is 0. The van der Waals surface area contributed by atoms with Gasteiger partial charge in [-0.05, 0) is 67.7 Å². The quantitative estimate of drug-likeness (QED) is 0.483. The molecule has 0 radical (unpaired) electrons. The number of primary amides is 1. The maximum Gasteiger partial charge on any atom is 0.514 e. The first-order chi connectivity index (χ1) is 15.1. The summed E-state index contributed by atoms with van der Waals surface area (Å²) in [4.78, 5) is 27.7. The number of benzene rings is 2. The minimum absolute atomic E-state index is 0.0169. The second-order valence-electron chi connectivity index (χ2n) is 9.63. The molecule has 2 heterocycles. The molecule has 2 aromatic carbocycles. The number of nitrogens with zero attached hydrogens (tertiary/aromatic N) is 1. The van der Waals surface area contributed by atoms with Gasteiger partial charge >= 0.3 is 6.09 Å². The molecule has 4 N–H and O–H groups in total. The van der Waals surface area contributed by atoms with Gasteiger partial charge in [0.1, 0.15) is 12.1 Å². The fraction of sp³-hybridized carbons (Fsp3) is 0.308. The molecule has 1 fully saturated rings. The Morgan fingerprint density at radius 3 is 2.47 bits per heavy atom. The summed E-state index contributed by atoms with van der Waals surface area (Å²) >= 11 is 0. The van der Waals surface area contributed by atoms with Crippen LogP contribution in [0.1, 0.15) is 49.5 Å². The number of hydrogen-bond acceptors (Lipinski definition) is 2. The number of nitrogens with two attached hydrogens (primary N) is 1. The maximum absolute atomic E-state index is 12.3. The molecule has 0 aliphatic carbocycles. The Morgan fingerprint density at radius 1 is 1.12 bits per heavy atom. The van der Waals surface area contributed by atoms with E-state index in [4.69, 9.17) is 5.73 Å². The topological polar surface area (TPSA) is 96.2 Å². The van der Waals surface area contributed by atoms with Crippen molar-refractivity contribution >= 4 is 29.0 Å². The molecule has 6 heteroatoms. The number of hydrogen-bond donors (Lipinski definition) is 3. The second kappa shape index (κ2) is 7.95. The van der Waals surface area contributed by atoms with Gasteiger partial charge in [0.05, 0.1) is 17.6 Å². The zero-order valence-electron chi connectivity index (χ0n) is 18.8. The fourth-order valence-electron chi connectivity index (χ4n) is 4.81. The Kier molecular flexibility index (Phi) is 5.42. The average molecular weight is 433 g/mol. The Hall–Kier alpha value is -3.38. The van der Waals surface area contributed by atoms with Crippen LogP contribution in [0, 0.1) is 0 Å². The second-order valence-corrected chi connectivity index (χ2v) is 9.63. The minimum atomic E-state index is -0.788. The Labute approximate surface area is 187 Å². The first kappa shape index (κ1) is 21.8. The van der Waals surface area contributed by atoms with Crippen LogP contribution < -0.4 is 5.73 Å². The maximum atomic E-state index is 12.3. The third-order valence-corrected chi connectivity index (χ3v) is 6.71. The van der Waals surface area contributed by atoms with E-state index in [0.717, 1.165) is 40.5 Å². The molecule has 0 bridgehead atoms. The highest BCUT2D eigenvalue weighted by Gasteiger charge is 2.49. The third kappa shape index (κ3) is 3.71. The summed E-state index contributed by atoms with van der Waals surface area (Å²) in [6.45, 7) is 7.05. The van der Waals surface area contributed by atoms with Gasteiger partial charge in [-0.1, -0.05) is 30.3 Å². The highest BCUT2D eigenvalue weighted by Crippen LogP contribution is 2.35. The Morgan fingerprint density at radius 2 is 1.84 bits per heavy atom. The van der Waals surface area contributed by atoms with Crippen molar-refractivity contribution in [3.8, 4) is 11.1 Å². The van der Waals surface area contributed by atoms with Crippen LogP contribution in [0.25, 0.3) is 28.1 Å². The number of aromatic nitrogens is 1. The van der Waals surface area contributed by atoms with Crippen molar-refractivity contribution in [3.63, 3.8) is 0 Å². The van der Waals surface area contributed by atoms with Crippen LogP contribution >= 0.6 is 0 Å². The monoisotopic (exact) mass is 432 g/mol. The number of H-pyrrole nitrogens is 1. The zero-order chi connectivity index (χ0) is 23.1. The number of carbonyl (C=O) groups is 2. The molecular weight excluding hydrogens is 402 g/mol. The van der Waals surface area contributed by atoms with Crippen molar-refractivity contribution < 1.29 is 19.2 Å². The summed E-state index contributed by atoms with van der Waals surface area (Å²) in [5.41, 5.74) is 10.4. The number of aromatic amines is 1. The van der Waals surface area contributed by atoms with E-state index in [-0.39, 0.29) is 4.48 Å². The van der Waals surface area contributed by atoms with Gasteiger partial charge in [0.25, 0.3) is 5.91 Å². The van der Waals surface area contributed by atoms with Crippen molar-refractivity contribution in [2.45, 2.75) is 39.2 Å². The van der Waals surface area contributed by atoms with Crippen LogP contribution in [-0.2, 0) is 0 Å². The summed E-state index contributed by atoms with van der Waals surface area (Å²) < 4.78 is 0.0169. The van der Waals surface area contributed by atoms with E-state index in [1.807, 2.05) is 63.4 Å². The van der Waals surface area contributed by atoms with E-state index in [9.17, 15) is 14.7 Å². The van der Waals surface area contributed by atoms with Crippen molar-refractivity contribution in [3.05, 3.63) is 65.4 Å². The highest BCUT2D eigenvalue weighted by atomic mass is 16.4. The molecule has 166 valence electrons. The van der Waals surface area contributed by atoms with Crippen LogP contribution in [0.5, 0.6) is 0 Å². The fourth-order valence-corrected chi connectivity index (χ4v) is 4.81. The molecule has 1 saturated heterocycles. The van der Waals surface area contributed by atoms with Gasteiger partial charge in [-0.25, -0.2) is 4.48 Å². The number of quaternary nitrogens is 1. The Bertz CT molecular complexity index is 1220. The van der Waals surface area contributed by atoms with Crippen LogP contribution in [0.2, 0.25) is 0 Å². The van der Waals surface area contributed by atoms with E-state index in [1.54, 1.807) is 0 Å². The number of rotatable bonds is 3. The minimum Gasteiger partial charge on any atom is -0.435 e. The number of piperidine rings is 1. The van der Waals surface area contributed by atoms with Crippen molar-refractivity contribution in [1.82, 2.24) is 4.98 Å². The van der Waals surface area contributed by atoms with Gasteiger partial charge in [-0.2, -0.15) is 4.79 Å². The van der Waals surface area contributed by atoms with E-state index in [2.05, 4.69) is 17.1 Å². The number of amides is 2. The standard InChI is InChI=1S/C26H29N3O3/c1-26(2,3)29(25(31)32)11-7-8-17(16-29)12-20-15-28-23-21(20)13-19(14-22(23)24(27)30)18-9-5-4-6-10-18/h4-6,9-10,12-15H,7-8,11,16H2,1-3H3,(H3-,27,28,30,31,32)/p+1/b17-12+. The molecule has 1 unspecified atom stereocenters. The lowest BCUT2D eigenvalue weighted by atomic mass is 9.92. The van der Waals surface area contributed by atoms with E-state index < -0.39 is 17.5 Å². The number of fused-ring (bicyclic) bond motifs is 1. The summed E-state index contributed by atoms with van der Waals surface area (Å²) in [5, 5.41) is 11.0. The highest BCUT2D eigenvalue weighted by molar-refractivity contribution is 6.08. The van der Waals surface area contributed by atoms with Crippen molar-refractivity contribution in [2.24, 2.45) is 5.73 Å². The van der Waals surface area contributed by atoms with Gasteiger partial charge in [0.2, 0.25) is 0 Å². The molecule has 3 aromatic rings. The van der Waals surface area contributed by atoms with Gasteiger partial charge in [-0.3, -0.25) is 4.79 Å². The lowest BCUT2D eigenvalue weighted by Crippen LogP contribution is -2.65. The summed E-state index contributed by atoms with van der Waals surface area (Å²) in [5.74, 6) is -0.485. The van der Waals surface area contributed by atoms with Gasteiger partial charge in [-0.15, -0.1) is 0 Å². The molecule has 0 spiro atoms. The predicted molar refractivity (Wildman–Crippen MR) is 127 cm³/mol. The van der Waals surface area contributed by atoms with Gasteiger partial charge in [0, 0.05) is 18.0 Å². The molecule has 1 aliphatic rings. The third-order valence-electron chi connectivity index (χ3n) is 6.71. The normalized spacial score (nSPS) is 20.5. The van der Waals surface area contributed by atoms with Crippen LogP contribution in [0.15, 0.2) is 54.2 Å². The lowest BCUT2D eigenvalue weighted by molar-refractivity contribution is -0.902. The largest absolute Gasteiger partial charge is 0.514 e. The first-order valence-electron chi connectivity index (χ1n) is 10.9. The molecule has 4 rings (SSSR count). The van der Waals surface area contributed by atoms with Crippen molar-refractivity contribution in [1.29, 1.82) is 0 Å². The average Bonchev–Trinajstić information content (AvgIpc) is 3.15. The van der Waals surface area contributed by atoms with E-state index in [0.29, 0.717) is 24.2 Å². The molecule has 6 nitrogen and oxygen atoms in total. The molecule has 2 amide bonds. The van der Waals surface area contributed by atoms with Gasteiger partial charge < -0.3 is 15.8 Å². The van der Waals surface area contributed by atoms with Crippen LogP contribution in [0.4, 0.5) is 4.79 Å². The first-order valence-corrected chi connectivity index (χ1v) is 10.9. The van der Waals surface area contributed by atoms with E-state index >= 15 is 0 Å². The zero-order valence-corrected chi connectivity index (χ0v) is 18.8. The van der Waals surface area contributed by atoms with Gasteiger partial charge in [0.15, 0.2) is 0 Å². The molecule has 0 saturated carbocycles. The number of carbonyl (C=O) groups excluding carboxylic acids is 1. The van der Waals surface area contributed by atoms with Crippen LogP contribution in [0.3, 0.4) is 0 Å². The van der Waals surface area contributed by atoms with E-state index in [1.165, 1.54) is 0 Å². The predicted octanol–water partition coefficient (Wildman–Crippen LogP) is 5.40. The SMILES string of the molecule is CC(C)(C)[N+]1(C(=O)O)CCC/C(=C\c2c[nH]c3c(C(N)=O)cc(-c4ccccc4)cc23)C1. The Balaban J connectivity index is 1.83. The number of nitrogens with one attached hydrogen (secondary N) is 1. The summed E-state index contributed by atoms with van der Waals surface area (Å²) in [6, 6.07) is 13.8. The summed E-state index contributed by atoms with van der Waals surface area (Å²) in [6.07, 6.45) is 4.85. The smallest absolute Gasteiger partial charge is 0.435 e. The lowest BCUT2D eigenvalue weighted by Gasteiger charge is -2.46. The molecule has 1 atom stereocenters. The van der Waals surface area contributed by atoms with Crippen LogP contribution in [-0.4, -0.2) is 45.2 Å².